The number of carbonyl (C=O) groups is 1. The predicted molar refractivity (Wildman–Crippen MR) is 89.9 cm³/mol. The van der Waals surface area contributed by atoms with Crippen LogP contribution in [-0.4, -0.2) is 38.1 Å². The van der Waals surface area contributed by atoms with Crippen molar-refractivity contribution in [3.05, 3.63) is 58.5 Å². The van der Waals surface area contributed by atoms with E-state index in [1.54, 1.807) is 17.0 Å². The molecule has 0 aliphatic carbocycles. The van der Waals surface area contributed by atoms with Gasteiger partial charge in [0.2, 0.25) is 0 Å². The Labute approximate surface area is 143 Å². The molecule has 2 aromatic rings. The quantitative estimate of drug-likeness (QED) is 0.780. The Hall–Kier alpha value is -1.60. The van der Waals surface area contributed by atoms with E-state index in [2.05, 4.69) is 15.9 Å². The molecule has 0 spiro atoms. The van der Waals surface area contributed by atoms with Crippen molar-refractivity contribution in [2.75, 3.05) is 18.8 Å². The Bertz CT molecular complexity index is 800. The highest BCUT2D eigenvalue weighted by molar-refractivity contribution is 9.10. The lowest BCUT2D eigenvalue weighted by molar-refractivity contribution is 0.0733. The lowest BCUT2D eigenvalue weighted by atomic mass is 10.1. The van der Waals surface area contributed by atoms with Crippen molar-refractivity contribution in [1.29, 1.82) is 0 Å². The van der Waals surface area contributed by atoms with Crippen molar-refractivity contribution in [2.24, 2.45) is 0 Å². The zero-order valence-corrected chi connectivity index (χ0v) is 14.7. The van der Waals surface area contributed by atoms with Crippen molar-refractivity contribution in [3.8, 4) is 0 Å². The fraction of sp³-hybridized carbons (Fsp3) is 0.312. The van der Waals surface area contributed by atoms with Crippen LogP contribution in [0.2, 0.25) is 0 Å². The van der Waals surface area contributed by atoms with Crippen LogP contribution in [0.4, 0.5) is 0 Å². The van der Waals surface area contributed by atoms with E-state index < -0.39 is 15.1 Å². The molecule has 1 amide bonds. The third kappa shape index (κ3) is 3.50. The monoisotopic (exact) mass is 397 g/mol. The zero-order chi connectivity index (χ0) is 16.4. The Morgan fingerprint density at radius 2 is 1.87 bits per heavy atom. The van der Waals surface area contributed by atoms with Crippen LogP contribution in [-0.2, 0) is 9.84 Å². The number of benzene rings is 1. The minimum Gasteiger partial charge on any atom is -0.444 e. The van der Waals surface area contributed by atoms with E-state index in [1.165, 1.54) is 0 Å². The van der Waals surface area contributed by atoms with Crippen LogP contribution in [0.1, 0.15) is 27.8 Å². The first-order valence-corrected chi connectivity index (χ1v) is 9.79. The second kappa shape index (κ2) is 6.49. The van der Waals surface area contributed by atoms with Gasteiger partial charge in [-0.2, -0.15) is 0 Å². The molecule has 1 aromatic carbocycles. The Morgan fingerprint density at radius 1 is 1.13 bits per heavy atom. The van der Waals surface area contributed by atoms with Crippen molar-refractivity contribution < 1.29 is 17.6 Å². The maximum atomic E-state index is 12.5. The van der Waals surface area contributed by atoms with E-state index in [0.717, 1.165) is 5.56 Å². The Morgan fingerprint density at radius 3 is 2.52 bits per heavy atom. The van der Waals surface area contributed by atoms with Crippen molar-refractivity contribution in [2.45, 2.75) is 11.7 Å². The maximum Gasteiger partial charge on any atom is 0.289 e. The number of hydrogen-bond acceptors (Lipinski definition) is 4. The van der Waals surface area contributed by atoms with Crippen LogP contribution in [0.5, 0.6) is 0 Å². The number of hydrogen-bond donors (Lipinski definition) is 0. The summed E-state index contributed by atoms with van der Waals surface area (Å²) in [6, 6.07) is 12.4. The van der Waals surface area contributed by atoms with Crippen LogP contribution in [0.3, 0.4) is 0 Å². The van der Waals surface area contributed by atoms with Crippen LogP contribution in [0.15, 0.2) is 51.6 Å². The fourth-order valence-corrected chi connectivity index (χ4v) is 4.88. The molecule has 1 aromatic heterocycles. The number of halogens is 1. The zero-order valence-electron chi connectivity index (χ0n) is 12.3. The number of sulfone groups is 1. The average Bonchev–Trinajstić information content (AvgIpc) is 2.90. The van der Waals surface area contributed by atoms with Gasteiger partial charge in [-0.25, -0.2) is 8.42 Å². The van der Waals surface area contributed by atoms with Crippen LogP contribution < -0.4 is 0 Å². The molecule has 0 N–H and O–H groups in total. The summed E-state index contributed by atoms with van der Waals surface area (Å²) in [5, 5.41) is -0.565. The van der Waals surface area contributed by atoms with Crippen LogP contribution in [0.25, 0.3) is 0 Å². The first-order valence-electron chi connectivity index (χ1n) is 7.28. The summed E-state index contributed by atoms with van der Waals surface area (Å²) in [6.45, 7) is 0.568. The van der Waals surface area contributed by atoms with Gasteiger partial charge in [0.05, 0.1) is 11.0 Å². The van der Waals surface area contributed by atoms with Gasteiger partial charge >= 0.3 is 0 Å². The number of carbonyl (C=O) groups excluding carboxylic acids is 1. The molecular weight excluding hydrogens is 382 g/mol. The van der Waals surface area contributed by atoms with Gasteiger partial charge in [0.15, 0.2) is 20.3 Å². The fourth-order valence-electron chi connectivity index (χ4n) is 2.77. The predicted octanol–water partition coefficient (Wildman–Crippen LogP) is 3.04. The van der Waals surface area contributed by atoms with Crippen LogP contribution >= 0.6 is 15.9 Å². The molecule has 3 rings (SSSR count). The molecular formula is C16H16BrNO4S. The van der Waals surface area contributed by atoms with Gasteiger partial charge in [0.1, 0.15) is 0 Å². The second-order valence-electron chi connectivity index (χ2n) is 5.45. The minimum atomic E-state index is -3.29. The van der Waals surface area contributed by atoms with E-state index >= 15 is 0 Å². The highest BCUT2D eigenvalue weighted by Crippen LogP contribution is 2.29. The molecule has 23 heavy (non-hydrogen) atoms. The molecule has 0 bridgehead atoms. The first-order chi connectivity index (χ1) is 11.0. The molecule has 122 valence electrons. The van der Waals surface area contributed by atoms with Gasteiger partial charge in [-0.15, -0.1) is 0 Å². The molecule has 2 heterocycles. The smallest absolute Gasteiger partial charge is 0.289 e. The van der Waals surface area contributed by atoms with Gasteiger partial charge in [-0.05, 0) is 40.0 Å². The summed E-state index contributed by atoms with van der Waals surface area (Å²) in [5.74, 6) is -0.104. The van der Waals surface area contributed by atoms with Gasteiger partial charge in [-0.3, -0.25) is 4.79 Å². The topological polar surface area (TPSA) is 67.6 Å². The minimum absolute atomic E-state index is 0.0415. The van der Waals surface area contributed by atoms with Gasteiger partial charge in [-0.1, -0.05) is 30.3 Å². The van der Waals surface area contributed by atoms with Gasteiger partial charge in [0.25, 0.3) is 5.91 Å². The van der Waals surface area contributed by atoms with E-state index in [1.807, 2.05) is 30.3 Å². The molecule has 1 atom stereocenters. The molecule has 0 saturated carbocycles. The van der Waals surface area contributed by atoms with Crippen molar-refractivity contribution in [1.82, 2.24) is 4.90 Å². The summed E-state index contributed by atoms with van der Waals surface area (Å²) in [7, 11) is -3.29. The Balaban J connectivity index is 1.81. The SMILES string of the molecule is O=C(c1ccc(Br)o1)N1CC[C@H](c2ccccc2)S(=O)(=O)CC1. The summed E-state index contributed by atoms with van der Waals surface area (Å²) >= 11 is 3.16. The van der Waals surface area contributed by atoms with Crippen molar-refractivity contribution in [3.63, 3.8) is 0 Å². The molecule has 0 unspecified atom stereocenters. The summed E-state index contributed by atoms with van der Waals surface area (Å²) in [4.78, 5) is 14.0. The highest BCUT2D eigenvalue weighted by atomic mass is 79.9. The number of rotatable bonds is 2. The van der Waals surface area contributed by atoms with E-state index in [-0.39, 0.29) is 24.0 Å². The number of furan rings is 1. The van der Waals surface area contributed by atoms with Gasteiger partial charge < -0.3 is 9.32 Å². The molecule has 5 nitrogen and oxygen atoms in total. The lowest BCUT2D eigenvalue weighted by Gasteiger charge is -2.18. The third-order valence-electron chi connectivity index (χ3n) is 3.98. The molecule has 0 radical (unpaired) electrons. The third-order valence-corrected chi connectivity index (χ3v) is 6.54. The number of amides is 1. The molecule has 7 heteroatoms. The van der Waals surface area contributed by atoms with E-state index in [4.69, 9.17) is 4.42 Å². The molecule has 1 fully saturated rings. The van der Waals surface area contributed by atoms with Crippen molar-refractivity contribution >= 4 is 31.7 Å². The number of nitrogens with zero attached hydrogens (tertiary/aromatic N) is 1. The normalized spacial score (nSPS) is 20.9. The van der Waals surface area contributed by atoms with E-state index in [9.17, 15) is 13.2 Å². The summed E-state index contributed by atoms with van der Waals surface area (Å²) in [5.41, 5.74) is 0.780. The van der Waals surface area contributed by atoms with Crippen LogP contribution in [0, 0.1) is 0 Å². The first kappa shape index (κ1) is 16.3. The Kier molecular flexibility index (Phi) is 4.59. The standard InChI is InChI=1S/C16H16BrNO4S/c17-15-7-6-13(22-15)16(19)18-9-8-14(23(20,21)11-10-18)12-4-2-1-3-5-12/h1-7,14H,8-11H2/t14-/m1/s1. The average molecular weight is 398 g/mol. The largest absolute Gasteiger partial charge is 0.444 e. The van der Waals surface area contributed by atoms with Gasteiger partial charge in [0, 0.05) is 13.1 Å². The highest BCUT2D eigenvalue weighted by Gasteiger charge is 2.33. The molecule has 1 aliphatic rings. The maximum absolute atomic E-state index is 12.5. The summed E-state index contributed by atoms with van der Waals surface area (Å²) < 4.78 is 30.8. The molecule has 1 aliphatic heterocycles. The second-order valence-corrected chi connectivity index (χ2v) is 8.54. The molecule has 1 saturated heterocycles. The van der Waals surface area contributed by atoms with E-state index in [0.29, 0.717) is 17.6 Å². The lowest BCUT2D eigenvalue weighted by Crippen LogP contribution is -2.33. The summed E-state index contributed by atoms with van der Waals surface area (Å²) in [6.07, 6.45) is 0.389.